The molecule has 1 saturated heterocycles. The third-order valence-electron chi connectivity index (χ3n) is 5.35. The second-order valence-electron chi connectivity index (χ2n) is 7.39. The van der Waals surface area contributed by atoms with Gasteiger partial charge in [0, 0.05) is 30.8 Å². The van der Waals surface area contributed by atoms with Crippen LogP contribution in [0.2, 0.25) is 0 Å². The fraction of sp³-hybridized carbons (Fsp3) is 0.318. The van der Waals surface area contributed by atoms with Crippen molar-refractivity contribution in [1.82, 2.24) is 9.80 Å². The highest BCUT2D eigenvalue weighted by Gasteiger charge is 2.48. The minimum absolute atomic E-state index is 0.0565. The van der Waals surface area contributed by atoms with Crippen LogP contribution < -0.4 is 5.84 Å². The van der Waals surface area contributed by atoms with Crippen molar-refractivity contribution in [1.29, 1.82) is 0 Å². The molecule has 158 valence electrons. The molecule has 1 fully saturated rings. The van der Waals surface area contributed by atoms with Crippen LogP contribution >= 0.6 is 0 Å². The summed E-state index contributed by atoms with van der Waals surface area (Å²) in [5.41, 5.74) is -2.07. The summed E-state index contributed by atoms with van der Waals surface area (Å²) in [6.45, 7) is 1.41. The molecule has 1 amide bonds. The maximum Gasteiger partial charge on any atom is 0.362 e. The summed E-state index contributed by atoms with van der Waals surface area (Å²) in [5.74, 6) is 3.15. The Morgan fingerprint density at radius 3 is 2.40 bits per heavy atom. The van der Waals surface area contributed by atoms with Crippen molar-refractivity contribution in [2.75, 3.05) is 19.6 Å². The number of carbonyl (C=O) groups is 2. The first-order chi connectivity index (χ1) is 14.5. The minimum atomic E-state index is -2.50. The SMILES string of the molecule is NN=CN1CCC[C@H](CN(C(=O)c2ccccc2)[C@](O)(C(=O)O)c2ccccc2)C1. The number of piperidine rings is 1. The number of aliphatic carboxylic acids is 1. The molecule has 4 N–H and O–H groups in total. The summed E-state index contributed by atoms with van der Waals surface area (Å²) >= 11 is 0. The van der Waals surface area contributed by atoms with Crippen LogP contribution in [-0.4, -0.2) is 57.9 Å². The lowest BCUT2D eigenvalue weighted by molar-refractivity contribution is -0.181. The molecule has 1 aliphatic heterocycles. The molecule has 0 aromatic heterocycles. The van der Waals surface area contributed by atoms with Crippen molar-refractivity contribution in [2.24, 2.45) is 16.9 Å². The Kier molecular flexibility index (Phi) is 6.68. The maximum atomic E-state index is 13.4. The van der Waals surface area contributed by atoms with Crippen molar-refractivity contribution in [3.8, 4) is 0 Å². The van der Waals surface area contributed by atoms with Gasteiger partial charge in [0.05, 0.1) is 0 Å². The Morgan fingerprint density at radius 2 is 1.80 bits per heavy atom. The van der Waals surface area contributed by atoms with Crippen molar-refractivity contribution < 1.29 is 19.8 Å². The van der Waals surface area contributed by atoms with Crippen LogP contribution in [0.5, 0.6) is 0 Å². The molecular weight excluding hydrogens is 384 g/mol. The molecule has 1 aliphatic rings. The molecule has 8 heteroatoms. The number of likely N-dealkylation sites (tertiary alicyclic amines) is 1. The summed E-state index contributed by atoms with van der Waals surface area (Å²) in [6.07, 6.45) is 3.18. The zero-order valence-corrected chi connectivity index (χ0v) is 16.6. The predicted molar refractivity (Wildman–Crippen MR) is 112 cm³/mol. The third-order valence-corrected chi connectivity index (χ3v) is 5.35. The topological polar surface area (TPSA) is 119 Å². The maximum absolute atomic E-state index is 13.4. The van der Waals surface area contributed by atoms with Crippen LogP contribution in [0.15, 0.2) is 65.8 Å². The standard InChI is InChI=1S/C22H26N4O4/c23-24-16-25-13-7-8-17(14-25)15-26(20(27)18-9-3-1-4-10-18)22(30,21(28)29)19-11-5-2-6-12-19/h1-6,9-12,16-17,30H,7-8,13-15,23H2,(H,28,29)/t17-,22+/m0/s1. The van der Waals surface area contributed by atoms with Crippen LogP contribution in [0.4, 0.5) is 0 Å². The van der Waals surface area contributed by atoms with Gasteiger partial charge in [0.2, 0.25) is 0 Å². The number of nitrogens with two attached hydrogens (primary N) is 1. The van der Waals surface area contributed by atoms with E-state index in [1.54, 1.807) is 48.5 Å². The number of hydrogen-bond donors (Lipinski definition) is 3. The summed E-state index contributed by atoms with van der Waals surface area (Å²) < 4.78 is 0. The summed E-state index contributed by atoms with van der Waals surface area (Å²) in [7, 11) is 0. The number of carboxylic acids is 1. The Morgan fingerprint density at radius 1 is 1.17 bits per heavy atom. The monoisotopic (exact) mass is 410 g/mol. The van der Waals surface area contributed by atoms with Gasteiger partial charge in [0.1, 0.15) is 6.34 Å². The minimum Gasteiger partial charge on any atom is -0.477 e. The molecular formula is C22H26N4O4. The molecule has 3 rings (SSSR count). The Hall–Kier alpha value is -3.39. The highest BCUT2D eigenvalue weighted by atomic mass is 16.4. The van der Waals surface area contributed by atoms with Crippen LogP contribution in [0.1, 0.15) is 28.8 Å². The zero-order chi connectivity index (χ0) is 21.6. The smallest absolute Gasteiger partial charge is 0.362 e. The Bertz CT molecular complexity index is 891. The number of carbonyl (C=O) groups excluding carboxylic acids is 1. The lowest BCUT2D eigenvalue weighted by atomic mass is 9.93. The van der Waals surface area contributed by atoms with Gasteiger partial charge in [-0.15, -0.1) is 0 Å². The van der Waals surface area contributed by atoms with Gasteiger partial charge in [0.25, 0.3) is 11.6 Å². The van der Waals surface area contributed by atoms with Gasteiger partial charge >= 0.3 is 5.97 Å². The van der Waals surface area contributed by atoms with Crippen LogP contribution in [0.25, 0.3) is 0 Å². The first-order valence-electron chi connectivity index (χ1n) is 9.82. The molecule has 2 atom stereocenters. The molecule has 0 aliphatic carbocycles. The van der Waals surface area contributed by atoms with Gasteiger partial charge in [-0.3, -0.25) is 9.69 Å². The second-order valence-corrected chi connectivity index (χ2v) is 7.39. The van der Waals surface area contributed by atoms with Gasteiger partial charge in [-0.05, 0) is 30.9 Å². The van der Waals surface area contributed by atoms with Gasteiger partial charge < -0.3 is 21.0 Å². The number of nitrogens with zero attached hydrogens (tertiary/aromatic N) is 3. The molecule has 2 aromatic carbocycles. The highest BCUT2D eigenvalue weighted by Crippen LogP contribution is 2.30. The highest BCUT2D eigenvalue weighted by molar-refractivity contribution is 5.97. The van der Waals surface area contributed by atoms with Crippen molar-refractivity contribution in [3.05, 3.63) is 71.8 Å². The second kappa shape index (κ2) is 9.41. The molecule has 0 saturated carbocycles. The van der Waals surface area contributed by atoms with Crippen LogP contribution in [0.3, 0.4) is 0 Å². The lowest BCUT2D eigenvalue weighted by Gasteiger charge is -2.41. The van der Waals surface area contributed by atoms with E-state index in [2.05, 4.69) is 5.10 Å². The third kappa shape index (κ3) is 4.44. The number of carboxylic acid groups (broad SMARTS) is 1. The van der Waals surface area contributed by atoms with Gasteiger partial charge in [-0.1, -0.05) is 48.5 Å². The van der Waals surface area contributed by atoms with E-state index in [9.17, 15) is 19.8 Å². The van der Waals surface area contributed by atoms with Gasteiger partial charge in [-0.25, -0.2) is 4.79 Å². The Labute approximate surface area is 175 Å². The van der Waals surface area contributed by atoms with E-state index in [1.807, 2.05) is 4.90 Å². The first-order valence-corrected chi connectivity index (χ1v) is 9.82. The average molecular weight is 410 g/mol. The van der Waals surface area contributed by atoms with Gasteiger partial charge in [-0.2, -0.15) is 5.10 Å². The molecule has 0 radical (unpaired) electrons. The lowest BCUT2D eigenvalue weighted by Crippen LogP contribution is -2.57. The fourth-order valence-corrected chi connectivity index (χ4v) is 3.87. The van der Waals surface area contributed by atoms with E-state index < -0.39 is 17.6 Å². The number of hydrazone groups is 1. The molecule has 1 heterocycles. The number of rotatable bonds is 7. The number of amides is 1. The molecule has 0 unspecified atom stereocenters. The fourth-order valence-electron chi connectivity index (χ4n) is 3.87. The molecule has 0 spiro atoms. The van der Waals surface area contributed by atoms with E-state index in [0.717, 1.165) is 24.3 Å². The van der Waals surface area contributed by atoms with Crippen molar-refractivity contribution in [2.45, 2.75) is 18.6 Å². The number of aliphatic hydroxyl groups is 1. The summed E-state index contributed by atoms with van der Waals surface area (Å²) in [6, 6.07) is 16.4. The van der Waals surface area contributed by atoms with E-state index >= 15 is 0 Å². The quantitative estimate of drug-likeness (QED) is 0.210. The molecule has 30 heavy (non-hydrogen) atoms. The van der Waals surface area contributed by atoms with E-state index in [0.29, 0.717) is 12.1 Å². The average Bonchev–Trinajstić information content (AvgIpc) is 2.78. The Balaban J connectivity index is 2.00. The van der Waals surface area contributed by atoms with E-state index in [4.69, 9.17) is 5.84 Å². The summed E-state index contributed by atoms with van der Waals surface area (Å²) in [5, 5.41) is 25.0. The van der Waals surface area contributed by atoms with E-state index in [1.165, 1.54) is 18.5 Å². The van der Waals surface area contributed by atoms with Gasteiger partial charge in [0.15, 0.2) is 0 Å². The van der Waals surface area contributed by atoms with E-state index in [-0.39, 0.29) is 18.0 Å². The predicted octanol–water partition coefficient (Wildman–Crippen LogP) is 1.67. The zero-order valence-electron chi connectivity index (χ0n) is 16.6. The summed E-state index contributed by atoms with van der Waals surface area (Å²) in [4.78, 5) is 28.7. The normalized spacial score (nSPS) is 18.7. The number of benzene rings is 2. The number of hydrogen-bond acceptors (Lipinski definition) is 5. The van der Waals surface area contributed by atoms with Crippen LogP contribution in [-0.2, 0) is 10.5 Å². The van der Waals surface area contributed by atoms with Crippen molar-refractivity contribution >= 4 is 18.2 Å². The first kappa shape index (κ1) is 21.3. The molecule has 0 bridgehead atoms. The molecule has 8 nitrogen and oxygen atoms in total. The largest absolute Gasteiger partial charge is 0.477 e. The van der Waals surface area contributed by atoms with Crippen LogP contribution in [0, 0.1) is 5.92 Å². The van der Waals surface area contributed by atoms with Crippen molar-refractivity contribution in [3.63, 3.8) is 0 Å². The molecule has 2 aromatic rings.